The quantitative estimate of drug-likeness (QED) is 0.772. The lowest BCUT2D eigenvalue weighted by Gasteiger charge is -2.17. The van der Waals surface area contributed by atoms with Gasteiger partial charge in [0.1, 0.15) is 5.82 Å². The molecule has 0 aliphatic carbocycles. The number of hydrogen-bond acceptors (Lipinski definition) is 3. The van der Waals surface area contributed by atoms with E-state index in [1.807, 2.05) is 0 Å². The summed E-state index contributed by atoms with van der Waals surface area (Å²) in [5.41, 5.74) is 5.44. The number of para-hydroxylation sites is 1. The van der Waals surface area contributed by atoms with Crippen molar-refractivity contribution in [3.8, 4) is 0 Å². The van der Waals surface area contributed by atoms with E-state index in [4.69, 9.17) is 5.73 Å². The Hall–Kier alpha value is -2.11. The number of benzene rings is 1. The fourth-order valence-corrected chi connectivity index (χ4v) is 1.42. The number of rotatable bonds is 4. The normalized spacial score (nSPS) is 9.94. The molecule has 0 spiro atoms. The topological polar surface area (TPSA) is 75.4 Å². The van der Waals surface area contributed by atoms with Gasteiger partial charge in [0.25, 0.3) is 5.91 Å². The van der Waals surface area contributed by atoms with Gasteiger partial charge in [-0.25, -0.2) is 4.39 Å². The van der Waals surface area contributed by atoms with Crippen LogP contribution in [0, 0.1) is 5.82 Å². The Bertz CT molecular complexity index is 463. The molecule has 1 aromatic rings. The Kier molecular flexibility index (Phi) is 4.65. The van der Waals surface area contributed by atoms with Crippen molar-refractivity contribution in [1.82, 2.24) is 10.2 Å². The second-order valence-electron chi connectivity index (χ2n) is 3.85. The van der Waals surface area contributed by atoms with Crippen LogP contribution in [0.1, 0.15) is 16.8 Å². The number of nitrogens with two attached hydrogens (primary N) is 1. The van der Waals surface area contributed by atoms with Gasteiger partial charge in [-0.15, -0.1) is 0 Å². The van der Waals surface area contributed by atoms with E-state index in [9.17, 15) is 14.0 Å². The van der Waals surface area contributed by atoms with Crippen LogP contribution in [0.3, 0.4) is 0 Å². The third-order valence-electron chi connectivity index (χ3n) is 2.58. The fraction of sp³-hybridized carbons (Fsp3) is 0.333. The highest BCUT2D eigenvalue weighted by atomic mass is 19.1. The molecule has 0 saturated heterocycles. The first-order valence-corrected chi connectivity index (χ1v) is 5.47. The maximum absolute atomic E-state index is 13.2. The van der Waals surface area contributed by atoms with E-state index in [0.29, 0.717) is 0 Å². The molecule has 0 fully saturated rings. The van der Waals surface area contributed by atoms with Gasteiger partial charge in [-0.1, -0.05) is 6.07 Å². The minimum Gasteiger partial charge on any atom is -0.396 e. The Labute approximate surface area is 105 Å². The zero-order chi connectivity index (χ0) is 13.7. The molecular formula is C12H16FN3O2. The molecule has 0 aromatic heterocycles. The number of halogens is 1. The van der Waals surface area contributed by atoms with Gasteiger partial charge in [-0.3, -0.25) is 9.59 Å². The summed E-state index contributed by atoms with van der Waals surface area (Å²) in [6, 6.07) is 4.07. The molecule has 6 heteroatoms. The van der Waals surface area contributed by atoms with Gasteiger partial charge in [0, 0.05) is 27.1 Å². The Balaban J connectivity index is 2.74. The molecule has 3 N–H and O–H groups in total. The van der Waals surface area contributed by atoms with Gasteiger partial charge in [-0.05, 0) is 12.1 Å². The molecular weight excluding hydrogens is 237 g/mol. The average molecular weight is 253 g/mol. The molecule has 0 aliphatic rings. The number of hydrogen-bond donors (Lipinski definition) is 2. The van der Waals surface area contributed by atoms with Crippen LogP contribution < -0.4 is 11.1 Å². The molecule has 98 valence electrons. The molecule has 2 amide bonds. The second kappa shape index (κ2) is 6.00. The van der Waals surface area contributed by atoms with E-state index < -0.39 is 11.7 Å². The molecule has 1 rings (SSSR count). The summed E-state index contributed by atoms with van der Waals surface area (Å²) < 4.78 is 13.2. The van der Waals surface area contributed by atoms with Gasteiger partial charge in [0.05, 0.1) is 11.3 Å². The number of amides is 2. The van der Waals surface area contributed by atoms with Crippen molar-refractivity contribution in [3.63, 3.8) is 0 Å². The highest BCUT2D eigenvalue weighted by Gasteiger charge is 2.17. The zero-order valence-corrected chi connectivity index (χ0v) is 10.4. The number of anilines is 1. The van der Waals surface area contributed by atoms with Crippen LogP contribution in [-0.2, 0) is 4.79 Å². The fourth-order valence-electron chi connectivity index (χ4n) is 1.42. The van der Waals surface area contributed by atoms with Crippen LogP contribution in [0.25, 0.3) is 0 Å². The first-order valence-electron chi connectivity index (χ1n) is 5.47. The molecule has 18 heavy (non-hydrogen) atoms. The molecule has 5 nitrogen and oxygen atoms in total. The van der Waals surface area contributed by atoms with Crippen LogP contribution in [-0.4, -0.2) is 37.4 Å². The number of carbonyl (C=O) groups is 2. The smallest absolute Gasteiger partial charge is 0.255 e. The highest BCUT2D eigenvalue weighted by molar-refractivity contribution is 5.99. The lowest BCUT2D eigenvalue weighted by Crippen LogP contribution is -2.31. The van der Waals surface area contributed by atoms with Gasteiger partial charge < -0.3 is 16.0 Å². The highest BCUT2D eigenvalue weighted by Crippen LogP contribution is 2.17. The SMILES string of the molecule is CNC(=O)CCN(C)C(=O)c1cccc(F)c1N. The number of nitrogens with zero attached hydrogens (tertiary/aromatic N) is 1. The van der Waals surface area contributed by atoms with Crippen LogP contribution in [0.4, 0.5) is 10.1 Å². The molecule has 0 saturated carbocycles. The standard InChI is InChI=1S/C12H16FN3O2/c1-15-10(17)6-7-16(2)12(18)8-4-3-5-9(13)11(8)14/h3-5H,6-7,14H2,1-2H3,(H,15,17). The maximum Gasteiger partial charge on any atom is 0.255 e. The van der Waals surface area contributed by atoms with E-state index in [2.05, 4.69) is 5.32 Å². The number of nitrogen functional groups attached to an aromatic ring is 1. The summed E-state index contributed by atoms with van der Waals surface area (Å²) in [5.74, 6) is -1.20. The van der Waals surface area contributed by atoms with Crippen molar-refractivity contribution in [2.75, 3.05) is 26.4 Å². The van der Waals surface area contributed by atoms with Gasteiger partial charge >= 0.3 is 0 Å². The molecule has 0 radical (unpaired) electrons. The van der Waals surface area contributed by atoms with Crippen LogP contribution in [0.5, 0.6) is 0 Å². The van der Waals surface area contributed by atoms with Gasteiger partial charge in [-0.2, -0.15) is 0 Å². The van der Waals surface area contributed by atoms with Crippen molar-refractivity contribution in [2.45, 2.75) is 6.42 Å². The van der Waals surface area contributed by atoms with Crippen LogP contribution in [0.2, 0.25) is 0 Å². The third-order valence-corrected chi connectivity index (χ3v) is 2.58. The van der Waals surface area contributed by atoms with Gasteiger partial charge in [0.15, 0.2) is 0 Å². The first kappa shape index (κ1) is 14.0. The Morgan fingerprint density at radius 1 is 1.44 bits per heavy atom. The van der Waals surface area contributed by atoms with Crippen molar-refractivity contribution in [1.29, 1.82) is 0 Å². The van der Waals surface area contributed by atoms with E-state index in [1.165, 1.54) is 37.2 Å². The minimum atomic E-state index is -0.624. The molecule has 0 unspecified atom stereocenters. The number of carbonyl (C=O) groups excluding carboxylic acids is 2. The van der Waals surface area contributed by atoms with E-state index >= 15 is 0 Å². The summed E-state index contributed by atoms with van der Waals surface area (Å²) in [4.78, 5) is 24.4. The van der Waals surface area contributed by atoms with Gasteiger partial charge in [0.2, 0.25) is 5.91 Å². The monoisotopic (exact) mass is 253 g/mol. The van der Waals surface area contributed by atoms with E-state index in [0.717, 1.165) is 0 Å². The molecule has 0 heterocycles. The molecule has 0 aliphatic heterocycles. The Morgan fingerprint density at radius 2 is 2.11 bits per heavy atom. The summed E-state index contributed by atoms with van der Waals surface area (Å²) >= 11 is 0. The zero-order valence-electron chi connectivity index (χ0n) is 10.4. The number of nitrogens with one attached hydrogen (secondary N) is 1. The minimum absolute atomic E-state index is 0.106. The van der Waals surface area contributed by atoms with Crippen LogP contribution in [0.15, 0.2) is 18.2 Å². The summed E-state index contributed by atoms with van der Waals surface area (Å²) in [5, 5.41) is 2.46. The summed E-state index contributed by atoms with van der Waals surface area (Å²) in [6.07, 6.45) is 0.188. The predicted molar refractivity (Wildman–Crippen MR) is 66.5 cm³/mol. The van der Waals surface area contributed by atoms with Crippen molar-refractivity contribution < 1.29 is 14.0 Å². The van der Waals surface area contributed by atoms with Crippen molar-refractivity contribution in [3.05, 3.63) is 29.6 Å². The third kappa shape index (κ3) is 3.19. The second-order valence-corrected chi connectivity index (χ2v) is 3.85. The van der Waals surface area contributed by atoms with Crippen LogP contribution >= 0.6 is 0 Å². The first-order chi connectivity index (χ1) is 8.47. The summed E-state index contributed by atoms with van der Waals surface area (Å²) in [6.45, 7) is 0.245. The lowest BCUT2D eigenvalue weighted by molar-refractivity contribution is -0.120. The Morgan fingerprint density at radius 3 is 2.72 bits per heavy atom. The predicted octanol–water partition coefficient (Wildman–Crippen LogP) is 0.616. The van der Waals surface area contributed by atoms with E-state index in [1.54, 1.807) is 0 Å². The molecule has 1 aromatic carbocycles. The lowest BCUT2D eigenvalue weighted by atomic mass is 10.1. The van der Waals surface area contributed by atoms with Crippen molar-refractivity contribution >= 4 is 17.5 Å². The molecule has 0 bridgehead atoms. The van der Waals surface area contributed by atoms with Crippen molar-refractivity contribution in [2.24, 2.45) is 0 Å². The van der Waals surface area contributed by atoms with E-state index in [-0.39, 0.29) is 30.1 Å². The average Bonchev–Trinajstić information content (AvgIpc) is 2.37. The molecule has 0 atom stereocenters. The largest absolute Gasteiger partial charge is 0.396 e. The maximum atomic E-state index is 13.2. The summed E-state index contributed by atoms with van der Waals surface area (Å²) in [7, 11) is 3.06.